The van der Waals surface area contributed by atoms with E-state index in [1.807, 2.05) is 5.32 Å². The molecule has 7 heteroatoms. The standard InChI is InChI=1S/C10H18N2O5/c1-9(2,3)17-8(16)12-10(11,7(14)15)5-4-6-13/h6H,4-5,11H2,1-3H3,(H,12,16)(H,14,15). The number of carboxylic acids is 1. The number of alkyl carbamates (subject to hydrolysis) is 1. The average molecular weight is 246 g/mol. The molecule has 0 heterocycles. The molecule has 98 valence electrons. The molecule has 0 aliphatic carbocycles. The molecule has 0 radical (unpaired) electrons. The van der Waals surface area contributed by atoms with Crippen LogP contribution in [0.5, 0.6) is 0 Å². The van der Waals surface area contributed by atoms with Crippen LogP contribution in [0, 0.1) is 0 Å². The fourth-order valence-corrected chi connectivity index (χ4v) is 0.995. The number of nitrogens with two attached hydrogens (primary N) is 1. The fourth-order valence-electron chi connectivity index (χ4n) is 0.995. The molecule has 0 aromatic heterocycles. The fraction of sp³-hybridized carbons (Fsp3) is 0.700. The van der Waals surface area contributed by atoms with Gasteiger partial charge in [0.2, 0.25) is 0 Å². The molecule has 1 unspecified atom stereocenters. The van der Waals surface area contributed by atoms with Crippen molar-refractivity contribution in [2.45, 2.75) is 44.9 Å². The van der Waals surface area contributed by atoms with E-state index in [9.17, 15) is 14.4 Å². The molecule has 0 aromatic rings. The Balaban J connectivity index is 4.60. The lowest BCUT2D eigenvalue weighted by Crippen LogP contribution is -2.62. The maximum absolute atomic E-state index is 11.4. The molecular formula is C10H18N2O5. The van der Waals surface area contributed by atoms with Crippen molar-refractivity contribution < 1.29 is 24.2 Å². The van der Waals surface area contributed by atoms with Crippen molar-refractivity contribution in [3.05, 3.63) is 0 Å². The summed E-state index contributed by atoms with van der Waals surface area (Å²) >= 11 is 0. The van der Waals surface area contributed by atoms with E-state index in [1.165, 1.54) is 0 Å². The van der Waals surface area contributed by atoms with Crippen LogP contribution < -0.4 is 11.1 Å². The molecule has 0 aromatic carbocycles. The number of amides is 1. The molecule has 0 bridgehead atoms. The van der Waals surface area contributed by atoms with Crippen molar-refractivity contribution in [2.75, 3.05) is 0 Å². The van der Waals surface area contributed by atoms with Crippen LogP contribution in [-0.2, 0) is 14.3 Å². The third kappa shape index (κ3) is 5.86. The summed E-state index contributed by atoms with van der Waals surface area (Å²) in [5.74, 6) is -1.43. The number of ether oxygens (including phenoxy) is 1. The van der Waals surface area contributed by atoms with Gasteiger partial charge >= 0.3 is 12.1 Å². The summed E-state index contributed by atoms with van der Waals surface area (Å²) in [4.78, 5) is 32.5. The van der Waals surface area contributed by atoms with Gasteiger partial charge in [-0.25, -0.2) is 9.59 Å². The summed E-state index contributed by atoms with van der Waals surface area (Å²) in [5, 5.41) is 10.9. The van der Waals surface area contributed by atoms with E-state index in [1.54, 1.807) is 20.8 Å². The number of carbonyl (C=O) groups excluding carboxylic acids is 2. The van der Waals surface area contributed by atoms with E-state index in [2.05, 4.69) is 0 Å². The zero-order chi connectivity index (χ0) is 13.7. The van der Waals surface area contributed by atoms with E-state index in [0.29, 0.717) is 6.29 Å². The van der Waals surface area contributed by atoms with Gasteiger partial charge in [0.05, 0.1) is 0 Å². The molecule has 17 heavy (non-hydrogen) atoms. The lowest BCUT2D eigenvalue weighted by atomic mass is 10.1. The third-order valence-electron chi connectivity index (χ3n) is 1.76. The van der Waals surface area contributed by atoms with Gasteiger partial charge in [-0.1, -0.05) is 0 Å². The first-order chi connectivity index (χ1) is 7.60. The minimum absolute atomic E-state index is 0.0708. The monoisotopic (exact) mass is 246 g/mol. The quantitative estimate of drug-likeness (QED) is 0.472. The summed E-state index contributed by atoms with van der Waals surface area (Å²) in [6, 6.07) is 0. The van der Waals surface area contributed by atoms with E-state index in [0.717, 1.165) is 0 Å². The average Bonchev–Trinajstić information content (AvgIpc) is 2.11. The lowest BCUT2D eigenvalue weighted by molar-refractivity contribution is -0.145. The van der Waals surface area contributed by atoms with Crippen molar-refractivity contribution in [1.29, 1.82) is 0 Å². The summed E-state index contributed by atoms with van der Waals surface area (Å²) < 4.78 is 4.88. The number of carbonyl (C=O) groups is 3. The molecule has 7 nitrogen and oxygen atoms in total. The second-order valence-electron chi connectivity index (χ2n) is 4.61. The molecule has 0 saturated heterocycles. The van der Waals surface area contributed by atoms with Gasteiger partial charge in [-0.15, -0.1) is 0 Å². The predicted octanol–water partition coefficient (Wildman–Crippen LogP) is 0.230. The molecule has 1 atom stereocenters. The van der Waals surface area contributed by atoms with E-state index >= 15 is 0 Å². The number of aliphatic carboxylic acids is 1. The Morgan fingerprint density at radius 2 is 1.94 bits per heavy atom. The molecule has 0 spiro atoms. The number of rotatable bonds is 5. The molecule has 1 amide bonds. The highest BCUT2D eigenvalue weighted by molar-refractivity contribution is 5.84. The number of carboxylic acid groups (broad SMARTS) is 1. The number of aldehydes is 1. The Hall–Kier alpha value is -1.63. The summed E-state index contributed by atoms with van der Waals surface area (Å²) in [5.41, 5.74) is 2.72. The van der Waals surface area contributed by atoms with Crippen LogP contribution in [0.3, 0.4) is 0 Å². The van der Waals surface area contributed by atoms with Gasteiger partial charge in [-0.2, -0.15) is 0 Å². The first-order valence-corrected chi connectivity index (χ1v) is 5.08. The van der Waals surface area contributed by atoms with Gasteiger partial charge < -0.3 is 14.6 Å². The van der Waals surface area contributed by atoms with Crippen LogP contribution in [0.1, 0.15) is 33.6 Å². The van der Waals surface area contributed by atoms with Crippen molar-refractivity contribution in [3.63, 3.8) is 0 Å². The third-order valence-corrected chi connectivity index (χ3v) is 1.76. The van der Waals surface area contributed by atoms with Crippen molar-refractivity contribution in [3.8, 4) is 0 Å². The highest BCUT2D eigenvalue weighted by atomic mass is 16.6. The number of hydrogen-bond acceptors (Lipinski definition) is 5. The highest BCUT2D eigenvalue weighted by Gasteiger charge is 2.36. The Kier molecular flexibility index (Phi) is 5.09. The maximum atomic E-state index is 11.4. The normalized spacial score (nSPS) is 14.6. The zero-order valence-corrected chi connectivity index (χ0v) is 10.1. The van der Waals surface area contributed by atoms with Gasteiger partial charge in [-0.05, 0) is 20.8 Å². The Morgan fingerprint density at radius 3 is 2.29 bits per heavy atom. The minimum Gasteiger partial charge on any atom is -0.478 e. The Labute approximate surface area is 99.3 Å². The van der Waals surface area contributed by atoms with E-state index < -0.39 is 23.3 Å². The van der Waals surface area contributed by atoms with Crippen LogP contribution in [0.4, 0.5) is 4.79 Å². The molecule has 0 aliphatic rings. The molecule has 0 saturated carbocycles. The highest BCUT2D eigenvalue weighted by Crippen LogP contribution is 2.10. The first-order valence-electron chi connectivity index (χ1n) is 5.08. The van der Waals surface area contributed by atoms with Crippen LogP contribution in [-0.4, -0.2) is 34.7 Å². The van der Waals surface area contributed by atoms with Crippen LogP contribution >= 0.6 is 0 Å². The Morgan fingerprint density at radius 1 is 1.41 bits per heavy atom. The van der Waals surface area contributed by atoms with Gasteiger partial charge in [0.1, 0.15) is 11.9 Å². The summed E-state index contributed by atoms with van der Waals surface area (Å²) in [6.07, 6.45) is -0.682. The SMILES string of the molecule is CC(C)(C)OC(=O)NC(N)(CCC=O)C(=O)O. The van der Waals surface area contributed by atoms with Gasteiger partial charge in [0, 0.05) is 12.8 Å². The molecule has 0 aliphatic heterocycles. The number of hydrogen-bond donors (Lipinski definition) is 3. The topological polar surface area (TPSA) is 119 Å². The van der Waals surface area contributed by atoms with Gasteiger partial charge in [0.15, 0.2) is 5.66 Å². The molecule has 4 N–H and O–H groups in total. The molecular weight excluding hydrogens is 228 g/mol. The van der Waals surface area contributed by atoms with E-state index in [4.69, 9.17) is 15.6 Å². The summed E-state index contributed by atoms with van der Waals surface area (Å²) in [7, 11) is 0. The van der Waals surface area contributed by atoms with E-state index in [-0.39, 0.29) is 12.8 Å². The second-order valence-corrected chi connectivity index (χ2v) is 4.61. The number of nitrogens with one attached hydrogen (secondary N) is 1. The Bertz CT molecular complexity index is 310. The van der Waals surface area contributed by atoms with Crippen LogP contribution in [0.15, 0.2) is 0 Å². The van der Waals surface area contributed by atoms with Crippen LogP contribution in [0.2, 0.25) is 0 Å². The van der Waals surface area contributed by atoms with Crippen molar-refractivity contribution >= 4 is 18.3 Å². The molecule has 0 rings (SSSR count). The first kappa shape index (κ1) is 15.4. The van der Waals surface area contributed by atoms with Crippen LogP contribution in [0.25, 0.3) is 0 Å². The maximum Gasteiger partial charge on any atom is 0.409 e. The van der Waals surface area contributed by atoms with Crippen molar-refractivity contribution in [1.82, 2.24) is 5.32 Å². The minimum atomic E-state index is -2.00. The largest absolute Gasteiger partial charge is 0.478 e. The smallest absolute Gasteiger partial charge is 0.409 e. The molecule has 0 fully saturated rings. The van der Waals surface area contributed by atoms with Gasteiger partial charge in [-0.3, -0.25) is 11.1 Å². The predicted molar refractivity (Wildman–Crippen MR) is 59.2 cm³/mol. The second kappa shape index (κ2) is 5.62. The summed E-state index contributed by atoms with van der Waals surface area (Å²) in [6.45, 7) is 4.91. The van der Waals surface area contributed by atoms with Crippen molar-refractivity contribution in [2.24, 2.45) is 5.73 Å². The van der Waals surface area contributed by atoms with Gasteiger partial charge in [0.25, 0.3) is 0 Å². The zero-order valence-electron chi connectivity index (χ0n) is 10.1. The lowest BCUT2D eigenvalue weighted by Gasteiger charge is -2.27.